The van der Waals surface area contributed by atoms with Crippen LogP contribution in [0.2, 0.25) is 0 Å². The van der Waals surface area contributed by atoms with Crippen LogP contribution in [0, 0.1) is 19.3 Å². The van der Waals surface area contributed by atoms with Crippen molar-refractivity contribution in [2.45, 2.75) is 32.4 Å². The number of aliphatic hydroxyl groups is 1. The van der Waals surface area contributed by atoms with Gasteiger partial charge < -0.3 is 9.67 Å². The summed E-state index contributed by atoms with van der Waals surface area (Å²) in [6.07, 6.45) is 1.82. The number of Topliss-reactive ketones (excluding diaryl/α,β-unsaturated/α-hetero) is 1. The van der Waals surface area contributed by atoms with E-state index in [1.54, 1.807) is 41.1 Å². The lowest BCUT2D eigenvalue weighted by atomic mass is 9.94. The number of carbonyl (C=O) groups excluding carboxylic acids is 1. The van der Waals surface area contributed by atoms with Gasteiger partial charge in [0.25, 0.3) is 0 Å². The van der Waals surface area contributed by atoms with Gasteiger partial charge in [0.1, 0.15) is 11.4 Å². The van der Waals surface area contributed by atoms with E-state index in [-0.39, 0.29) is 24.6 Å². The minimum absolute atomic E-state index is 0.0833. The highest BCUT2D eigenvalue weighted by atomic mass is 19.1. The molecule has 0 aliphatic rings. The first-order chi connectivity index (χ1) is 12.3. The number of aryl methyl sites for hydroxylation is 1. The summed E-state index contributed by atoms with van der Waals surface area (Å²) in [5, 5.41) is 11.4. The molecule has 1 N–H and O–H groups in total. The molecule has 0 radical (unpaired) electrons. The number of fused-ring (bicyclic) bond motifs is 1. The number of benzene rings is 2. The second kappa shape index (κ2) is 6.74. The molecule has 0 aliphatic carbocycles. The van der Waals surface area contributed by atoms with Crippen LogP contribution in [-0.2, 0) is 17.8 Å². The van der Waals surface area contributed by atoms with Crippen molar-refractivity contribution in [2.24, 2.45) is 0 Å². The Morgan fingerprint density at radius 1 is 1.27 bits per heavy atom. The van der Waals surface area contributed by atoms with E-state index in [0.29, 0.717) is 5.69 Å². The van der Waals surface area contributed by atoms with Gasteiger partial charge in [-0.15, -0.1) is 0 Å². The Bertz CT molecular complexity index is 1030. The molecule has 132 valence electrons. The Morgan fingerprint density at radius 2 is 2.04 bits per heavy atom. The molecule has 0 saturated carbocycles. The highest BCUT2D eigenvalue weighted by molar-refractivity contribution is 5.89. The maximum atomic E-state index is 13.3. The molecule has 0 unspecified atom stereocenters. The topological polar surface area (TPSA) is 46.6 Å². The van der Waals surface area contributed by atoms with Gasteiger partial charge in [-0.3, -0.25) is 4.79 Å². The third kappa shape index (κ3) is 3.51. The van der Waals surface area contributed by atoms with Crippen LogP contribution in [0.15, 0.2) is 48.7 Å². The van der Waals surface area contributed by atoms with Gasteiger partial charge >= 0.3 is 0 Å². The second-order valence-corrected chi connectivity index (χ2v) is 6.75. The lowest BCUT2D eigenvalue weighted by molar-refractivity contribution is -0.136. The molecular formula is C21H19FN2O2. The number of halogens is 1. The van der Waals surface area contributed by atoms with E-state index in [1.807, 2.05) is 6.92 Å². The summed E-state index contributed by atoms with van der Waals surface area (Å²) in [7, 11) is 0. The summed E-state index contributed by atoms with van der Waals surface area (Å²) in [5.41, 5.74) is 1.32. The molecular weight excluding hydrogens is 331 g/mol. The molecule has 3 aromatic rings. The standard InChI is InChI=1S/C21H19FN2O2/c1-14-10-15(4-6-18(14)23-3)11-20(25)21(2,26)13-24-9-8-16-12-17(22)5-7-19(16)24/h4-10,12,26H,11,13H2,1-2H3/t21-/m0/s1. The molecule has 5 heteroatoms. The first-order valence-electron chi connectivity index (χ1n) is 8.27. The zero-order valence-electron chi connectivity index (χ0n) is 14.7. The molecule has 3 rings (SSSR count). The van der Waals surface area contributed by atoms with Gasteiger partial charge in [-0.05, 0) is 49.2 Å². The van der Waals surface area contributed by atoms with Gasteiger partial charge in [-0.1, -0.05) is 18.2 Å². The van der Waals surface area contributed by atoms with Crippen molar-refractivity contribution in [3.63, 3.8) is 0 Å². The SMILES string of the molecule is [C-]#[N+]c1ccc(CC(=O)[C@@](C)(O)Cn2ccc3cc(F)ccc32)cc1C. The van der Waals surface area contributed by atoms with Crippen LogP contribution in [0.25, 0.3) is 15.7 Å². The number of nitrogens with zero attached hydrogens (tertiary/aromatic N) is 2. The van der Waals surface area contributed by atoms with Crippen molar-refractivity contribution in [3.8, 4) is 0 Å². The quantitative estimate of drug-likeness (QED) is 0.701. The van der Waals surface area contributed by atoms with Crippen LogP contribution in [0.1, 0.15) is 18.1 Å². The van der Waals surface area contributed by atoms with E-state index in [4.69, 9.17) is 6.57 Å². The maximum Gasteiger partial charge on any atom is 0.190 e. The van der Waals surface area contributed by atoms with Crippen molar-refractivity contribution >= 4 is 22.4 Å². The number of carbonyl (C=O) groups is 1. The van der Waals surface area contributed by atoms with Crippen LogP contribution in [0.5, 0.6) is 0 Å². The molecule has 0 saturated heterocycles. The largest absolute Gasteiger partial charge is 0.380 e. The molecule has 0 fully saturated rings. The zero-order chi connectivity index (χ0) is 18.9. The van der Waals surface area contributed by atoms with Crippen molar-refractivity contribution in [3.05, 3.63) is 77.0 Å². The fourth-order valence-electron chi connectivity index (χ4n) is 3.06. The van der Waals surface area contributed by atoms with Crippen molar-refractivity contribution in [1.82, 2.24) is 4.57 Å². The van der Waals surface area contributed by atoms with E-state index in [1.165, 1.54) is 19.1 Å². The van der Waals surface area contributed by atoms with E-state index >= 15 is 0 Å². The summed E-state index contributed by atoms with van der Waals surface area (Å²) in [6, 6.07) is 11.4. The zero-order valence-corrected chi connectivity index (χ0v) is 14.7. The van der Waals surface area contributed by atoms with Gasteiger partial charge in [0.2, 0.25) is 0 Å². The van der Waals surface area contributed by atoms with E-state index in [0.717, 1.165) is 22.0 Å². The predicted octanol–water partition coefficient (Wildman–Crippen LogP) is 4.20. The lowest BCUT2D eigenvalue weighted by Crippen LogP contribution is -2.40. The number of rotatable bonds is 5. The summed E-state index contributed by atoms with van der Waals surface area (Å²) in [6.45, 7) is 10.5. The second-order valence-electron chi connectivity index (χ2n) is 6.75. The van der Waals surface area contributed by atoms with Gasteiger partial charge in [-0.2, -0.15) is 0 Å². The van der Waals surface area contributed by atoms with Gasteiger partial charge in [0.05, 0.1) is 13.1 Å². The molecule has 0 amide bonds. The summed E-state index contributed by atoms with van der Waals surface area (Å²) >= 11 is 0. The maximum absolute atomic E-state index is 13.3. The molecule has 1 atom stereocenters. The van der Waals surface area contributed by atoms with E-state index in [9.17, 15) is 14.3 Å². The first-order valence-corrected chi connectivity index (χ1v) is 8.27. The number of ketones is 1. The molecule has 1 aromatic heterocycles. The predicted molar refractivity (Wildman–Crippen MR) is 98.7 cm³/mol. The van der Waals surface area contributed by atoms with Gasteiger partial charge in [0, 0.05) is 23.5 Å². The van der Waals surface area contributed by atoms with E-state index < -0.39 is 5.60 Å². The summed E-state index contributed by atoms with van der Waals surface area (Å²) in [5.74, 6) is -0.632. The number of aromatic nitrogens is 1. The molecule has 26 heavy (non-hydrogen) atoms. The normalized spacial score (nSPS) is 13.3. The van der Waals surface area contributed by atoms with Crippen LogP contribution in [0.3, 0.4) is 0 Å². The Kier molecular flexibility index (Phi) is 4.62. The highest BCUT2D eigenvalue weighted by Crippen LogP contribution is 2.23. The van der Waals surface area contributed by atoms with Crippen LogP contribution >= 0.6 is 0 Å². The van der Waals surface area contributed by atoms with Crippen molar-refractivity contribution < 1.29 is 14.3 Å². The third-order valence-corrected chi connectivity index (χ3v) is 4.56. The van der Waals surface area contributed by atoms with Crippen LogP contribution in [-0.4, -0.2) is 21.1 Å². The molecule has 0 aliphatic heterocycles. The monoisotopic (exact) mass is 350 g/mol. The van der Waals surface area contributed by atoms with Gasteiger partial charge in [-0.25, -0.2) is 9.24 Å². The van der Waals surface area contributed by atoms with Crippen LogP contribution in [0.4, 0.5) is 10.1 Å². The fraction of sp³-hybridized carbons (Fsp3) is 0.238. The fourth-order valence-corrected chi connectivity index (χ4v) is 3.06. The Labute approximate surface area is 151 Å². The molecule has 4 nitrogen and oxygen atoms in total. The Balaban J connectivity index is 1.79. The Hall–Kier alpha value is -2.97. The third-order valence-electron chi connectivity index (χ3n) is 4.56. The number of hydrogen-bond acceptors (Lipinski definition) is 2. The molecule has 0 bridgehead atoms. The first kappa shape index (κ1) is 17.8. The van der Waals surface area contributed by atoms with Gasteiger partial charge in [0.15, 0.2) is 11.5 Å². The van der Waals surface area contributed by atoms with Crippen LogP contribution < -0.4 is 0 Å². The average molecular weight is 350 g/mol. The minimum atomic E-state index is -1.56. The molecule has 0 spiro atoms. The molecule has 1 heterocycles. The van der Waals surface area contributed by atoms with Crippen molar-refractivity contribution in [2.75, 3.05) is 0 Å². The molecule has 2 aromatic carbocycles. The average Bonchev–Trinajstić information content (AvgIpc) is 2.96. The summed E-state index contributed by atoms with van der Waals surface area (Å²) < 4.78 is 15.1. The number of hydrogen-bond donors (Lipinski definition) is 1. The van der Waals surface area contributed by atoms with E-state index in [2.05, 4.69) is 4.85 Å². The minimum Gasteiger partial charge on any atom is -0.380 e. The smallest absolute Gasteiger partial charge is 0.190 e. The summed E-state index contributed by atoms with van der Waals surface area (Å²) in [4.78, 5) is 16.0. The van der Waals surface area contributed by atoms with Crippen molar-refractivity contribution in [1.29, 1.82) is 0 Å². The lowest BCUT2D eigenvalue weighted by Gasteiger charge is -2.23. The highest BCUT2D eigenvalue weighted by Gasteiger charge is 2.30. The Morgan fingerprint density at radius 3 is 2.73 bits per heavy atom.